The lowest BCUT2D eigenvalue weighted by Gasteiger charge is -2.11. The molecule has 1 aromatic rings. The number of phenolic OH excluding ortho intramolecular Hbond substituents is 1. The van der Waals surface area contributed by atoms with Gasteiger partial charge < -0.3 is 9.84 Å². The summed E-state index contributed by atoms with van der Waals surface area (Å²) in [7, 11) is 1.31. The van der Waals surface area contributed by atoms with Crippen molar-refractivity contribution < 1.29 is 14.6 Å². The molecular weight excluding hydrogens is 218 g/mol. The highest BCUT2D eigenvalue weighted by Crippen LogP contribution is 2.11. The van der Waals surface area contributed by atoms with Gasteiger partial charge in [-0.05, 0) is 35.9 Å². The molecular formula is C10H12ClNO3. The van der Waals surface area contributed by atoms with Crippen molar-refractivity contribution >= 4 is 17.7 Å². The molecule has 0 unspecified atom stereocenters. The maximum atomic E-state index is 11.2. The van der Waals surface area contributed by atoms with Crippen LogP contribution in [0.15, 0.2) is 24.3 Å². The fraction of sp³-hybridized carbons (Fsp3) is 0.300. The SMILES string of the molecule is COC(=O)[C@H](Cc1ccc(O)cc1)NCl. The van der Waals surface area contributed by atoms with Crippen molar-refractivity contribution in [3.63, 3.8) is 0 Å². The number of carbonyl (C=O) groups is 1. The first kappa shape index (κ1) is 11.8. The summed E-state index contributed by atoms with van der Waals surface area (Å²) in [6.45, 7) is 0. The predicted molar refractivity (Wildman–Crippen MR) is 56.6 cm³/mol. The number of halogens is 1. The number of carbonyl (C=O) groups excluding carboxylic acids is 1. The van der Waals surface area contributed by atoms with Gasteiger partial charge in [-0.1, -0.05) is 12.1 Å². The van der Waals surface area contributed by atoms with Gasteiger partial charge in [0.25, 0.3) is 0 Å². The van der Waals surface area contributed by atoms with Crippen LogP contribution < -0.4 is 4.84 Å². The van der Waals surface area contributed by atoms with E-state index in [1.165, 1.54) is 7.11 Å². The van der Waals surface area contributed by atoms with E-state index in [4.69, 9.17) is 16.9 Å². The van der Waals surface area contributed by atoms with E-state index in [1.54, 1.807) is 24.3 Å². The number of hydrogen-bond acceptors (Lipinski definition) is 4. The van der Waals surface area contributed by atoms with E-state index in [0.717, 1.165) is 5.56 Å². The summed E-state index contributed by atoms with van der Waals surface area (Å²) in [5.41, 5.74) is 0.886. The van der Waals surface area contributed by atoms with Gasteiger partial charge in [-0.25, -0.2) is 4.84 Å². The van der Waals surface area contributed by atoms with Crippen LogP contribution in [0.2, 0.25) is 0 Å². The zero-order valence-electron chi connectivity index (χ0n) is 8.24. The smallest absolute Gasteiger partial charge is 0.324 e. The molecule has 1 rings (SSSR count). The molecule has 0 aliphatic heterocycles. The maximum absolute atomic E-state index is 11.2. The van der Waals surface area contributed by atoms with Gasteiger partial charge in [0.2, 0.25) is 0 Å². The first-order valence-corrected chi connectivity index (χ1v) is 4.77. The molecule has 15 heavy (non-hydrogen) atoms. The average molecular weight is 230 g/mol. The van der Waals surface area contributed by atoms with E-state index in [1.807, 2.05) is 0 Å². The Morgan fingerprint density at radius 3 is 2.60 bits per heavy atom. The largest absolute Gasteiger partial charge is 0.508 e. The van der Waals surface area contributed by atoms with Crippen molar-refractivity contribution in [2.45, 2.75) is 12.5 Å². The third kappa shape index (κ3) is 3.42. The van der Waals surface area contributed by atoms with Crippen molar-refractivity contribution in [3.05, 3.63) is 29.8 Å². The zero-order valence-corrected chi connectivity index (χ0v) is 8.99. The summed E-state index contributed by atoms with van der Waals surface area (Å²) < 4.78 is 4.56. The average Bonchev–Trinajstić information content (AvgIpc) is 2.27. The molecule has 4 nitrogen and oxygen atoms in total. The van der Waals surface area contributed by atoms with Crippen LogP contribution in [0.25, 0.3) is 0 Å². The Bertz CT molecular complexity index is 326. The summed E-state index contributed by atoms with van der Waals surface area (Å²) in [4.78, 5) is 13.5. The van der Waals surface area contributed by atoms with Gasteiger partial charge in [0.15, 0.2) is 0 Å². The standard InChI is InChI=1S/C10H12ClNO3/c1-15-10(14)9(12-11)6-7-2-4-8(13)5-3-7/h2-5,9,12-13H,6H2,1H3/t9-/m0/s1. The molecule has 0 radical (unpaired) electrons. The molecule has 0 aliphatic carbocycles. The van der Waals surface area contributed by atoms with Crippen molar-refractivity contribution in [2.24, 2.45) is 0 Å². The number of nitrogens with one attached hydrogen (secondary N) is 1. The van der Waals surface area contributed by atoms with Gasteiger partial charge in [0.1, 0.15) is 11.8 Å². The third-order valence-electron chi connectivity index (χ3n) is 1.99. The van der Waals surface area contributed by atoms with Gasteiger partial charge in [0, 0.05) is 0 Å². The second-order valence-corrected chi connectivity index (χ2v) is 3.27. The van der Waals surface area contributed by atoms with Gasteiger partial charge >= 0.3 is 5.97 Å². The Labute approximate surface area is 92.9 Å². The molecule has 0 heterocycles. The molecule has 82 valence electrons. The lowest BCUT2D eigenvalue weighted by Crippen LogP contribution is -2.33. The summed E-state index contributed by atoms with van der Waals surface area (Å²) in [5, 5.41) is 9.07. The Morgan fingerprint density at radius 2 is 2.13 bits per heavy atom. The highest BCUT2D eigenvalue weighted by molar-refractivity contribution is 6.14. The van der Waals surface area contributed by atoms with Crippen LogP contribution in [0.5, 0.6) is 5.75 Å². The number of esters is 1. The Kier molecular flexibility index (Phi) is 4.39. The van der Waals surface area contributed by atoms with E-state index in [9.17, 15) is 4.79 Å². The van der Waals surface area contributed by atoms with E-state index >= 15 is 0 Å². The van der Waals surface area contributed by atoms with Gasteiger partial charge in [0.05, 0.1) is 7.11 Å². The van der Waals surface area contributed by atoms with Crippen LogP contribution in [0.3, 0.4) is 0 Å². The van der Waals surface area contributed by atoms with Gasteiger partial charge in [-0.15, -0.1) is 0 Å². The van der Waals surface area contributed by atoms with Crippen LogP contribution >= 0.6 is 11.8 Å². The fourth-order valence-corrected chi connectivity index (χ4v) is 1.34. The normalized spacial score (nSPS) is 12.1. The molecule has 0 bridgehead atoms. The van der Waals surface area contributed by atoms with Crippen molar-refractivity contribution in [3.8, 4) is 5.75 Å². The molecule has 5 heteroatoms. The molecule has 0 saturated heterocycles. The molecule has 0 spiro atoms. The molecule has 0 saturated carbocycles. The van der Waals surface area contributed by atoms with Crippen molar-refractivity contribution in [1.82, 2.24) is 4.84 Å². The quantitative estimate of drug-likeness (QED) is 0.602. The highest BCUT2D eigenvalue weighted by atomic mass is 35.5. The Morgan fingerprint density at radius 1 is 1.53 bits per heavy atom. The maximum Gasteiger partial charge on any atom is 0.324 e. The highest BCUT2D eigenvalue weighted by Gasteiger charge is 2.17. The number of rotatable bonds is 4. The number of hydrogen-bond donors (Lipinski definition) is 2. The third-order valence-corrected chi connectivity index (χ3v) is 2.26. The van der Waals surface area contributed by atoms with Crippen LogP contribution in [0.1, 0.15) is 5.56 Å². The van der Waals surface area contributed by atoms with Crippen molar-refractivity contribution in [1.29, 1.82) is 0 Å². The predicted octanol–water partition coefficient (Wildman–Crippen LogP) is 1.22. The van der Waals surface area contributed by atoms with E-state index in [-0.39, 0.29) is 5.75 Å². The summed E-state index contributed by atoms with van der Waals surface area (Å²) in [5.74, 6) is -0.231. The molecule has 1 atom stereocenters. The van der Waals surface area contributed by atoms with E-state index < -0.39 is 12.0 Å². The van der Waals surface area contributed by atoms with Crippen LogP contribution in [0, 0.1) is 0 Å². The summed E-state index contributed by atoms with van der Waals surface area (Å²) >= 11 is 5.42. The molecule has 0 fully saturated rings. The fourth-order valence-electron chi connectivity index (χ4n) is 1.18. The number of aromatic hydroxyl groups is 1. The molecule has 0 aliphatic rings. The first-order valence-electron chi connectivity index (χ1n) is 4.39. The minimum absolute atomic E-state index is 0.187. The van der Waals surface area contributed by atoms with Gasteiger partial charge in [-0.2, -0.15) is 0 Å². The second kappa shape index (κ2) is 5.58. The van der Waals surface area contributed by atoms with E-state index in [2.05, 4.69) is 9.57 Å². The Hall–Kier alpha value is -1.26. The number of phenols is 1. The lowest BCUT2D eigenvalue weighted by molar-refractivity contribution is -0.142. The Balaban J connectivity index is 2.66. The van der Waals surface area contributed by atoms with Crippen LogP contribution in [-0.2, 0) is 16.0 Å². The number of benzene rings is 1. The summed E-state index contributed by atoms with van der Waals surface area (Å²) in [6.07, 6.45) is 0.413. The molecule has 0 amide bonds. The van der Waals surface area contributed by atoms with Crippen LogP contribution in [-0.4, -0.2) is 24.2 Å². The van der Waals surface area contributed by atoms with Crippen molar-refractivity contribution in [2.75, 3.05) is 7.11 Å². The lowest BCUT2D eigenvalue weighted by atomic mass is 10.1. The second-order valence-electron chi connectivity index (χ2n) is 3.06. The zero-order chi connectivity index (χ0) is 11.3. The minimum atomic E-state index is -0.582. The van der Waals surface area contributed by atoms with Gasteiger partial charge in [-0.3, -0.25) is 4.79 Å². The monoisotopic (exact) mass is 229 g/mol. The van der Waals surface area contributed by atoms with E-state index in [0.29, 0.717) is 6.42 Å². The molecule has 1 aromatic carbocycles. The summed E-state index contributed by atoms with van der Waals surface area (Å²) in [6, 6.07) is 5.97. The number of methoxy groups -OCH3 is 1. The first-order chi connectivity index (χ1) is 7.17. The number of ether oxygens (including phenoxy) is 1. The molecule has 0 aromatic heterocycles. The topological polar surface area (TPSA) is 58.6 Å². The minimum Gasteiger partial charge on any atom is -0.508 e. The van der Waals surface area contributed by atoms with Crippen LogP contribution in [0.4, 0.5) is 0 Å². The molecule has 2 N–H and O–H groups in total.